The molecule has 0 fully saturated rings. The Morgan fingerprint density at radius 3 is 2.67 bits per heavy atom. The van der Waals surface area contributed by atoms with E-state index in [4.69, 9.17) is 0 Å². The number of hydrogen-bond acceptors (Lipinski definition) is 3. The van der Waals surface area contributed by atoms with Crippen molar-refractivity contribution in [3.05, 3.63) is 29.6 Å². The molecule has 0 spiro atoms. The highest BCUT2D eigenvalue weighted by atomic mass is 16.5. The second-order valence-corrected chi connectivity index (χ2v) is 2.30. The topological polar surface area (TPSA) is 70.2 Å². The van der Waals surface area contributed by atoms with E-state index in [1.54, 1.807) is 0 Å². The normalized spacial score (nSPS) is 15.2. The van der Waals surface area contributed by atoms with Crippen LogP contribution >= 0.6 is 0 Å². The monoisotopic (exact) mass is 163 g/mol. The maximum absolute atomic E-state index is 11.0. The van der Waals surface area contributed by atoms with Crippen LogP contribution in [0.3, 0.4) is 0 Å². The van der Waals surface area contributed by atoms with E-state index in [0.29, 0.717) is 0 Å². The summed E-state index contributed by atoms with van der Waals surface area (Å²) in [5.74, 6) is -1.71. The summed E-state index contributed by atoms with van der Waals surface area (Å²) in [6.07, 6.45) is 1.36. The minimum Gasteiger partial charge on any atom is -0.266 e. The van der Waals surface area contributed by atoms with Crippen molar-refractivity contribution in [2.45, 2.75) is 0 Å². The number of fused-ring (bicyclic) bond motifs is 1. The molecule has 0 aliphatic carbocycles. The minimum absolute atomic E-state index is 0.0579. The predicted molar refractivity (Wildman–Crippen MR) is 35.4 cm³/mol. The van der Waals surface area contributed by atoms with E-state index in [1.165, 1.54) is 18.3 Å². The molecule has 12 heavy (non-hydrogen) atoms. The molecule has 1 aliphatic rings. The molecule has 0 bridgehead atoms. The first-order chi connectivity index (χ1) is 5.72. The number of hydrogen-bond donors (Lipinski definition) is 0. The van der Waals surface area contributed by atoms with Crippen molar-refractivity contribution in [3.8, 4) is 0 Å². The van der Waals surface area contributed by atoms with E-state index in [9.17, 15) is 14.8 Å². The molecule has 0 saturated heterocycles. The smallest absolute Gasteiger partial charge is 0.266 e. The van der Waals surface area contributed by atoms with Crippen molar-refractivity contribution >= 4 is 11.8 Å². The van der Waals surface area contributed by atoms with Crippen molar-refractivity contribution in [1.29, 1.82) is 0 Å². The van der Waals surface area contributed by atoms with Crippen LogP contribution in [0.25, 0.3) is 0 Å². The zero-order valence-electron chi connectivity index (χ0n) is 5.85. The van der Waals surface area contributed by atoms with Gasteiger partial charge in [0.15, 0.2) is 0 Å². The number of aromatic nitrogens is 1. The van der Waals surface area contributed by atoms with Crippen molar-refractivity contribution < 1.29 is 14.8 Å². The number of carbonyl (C=O) groups is 2. The summed E-state index contributed by atoms with van der Waals surface area (Å²) in [5.41, 5.74) is 0.0231. The lowest BCUT2D eigenvalue weighted by Gasteiger charge is -1.94. The Kier molecular flexibility index (Phi) is 1.22. The van der Waals surface area contributed by atoms with Crippen LogP contribution in [-0.2, 0) is 5.21 Å². The molecule has 1 aromatic heterocycles. The zero-order valence-corrected chi connectivity index (χ0v) is 5.85. The zero-order chi connectivity index (χ0) is 8.72. The lowest BCUT2D eigenvalue weighted by Crippen LogP contribution is -2.23. The average Bonchev–Trinajstić information content (AvgIpc) is 2.33. The number of hydroxylamine groups is 2. The first-order valence-corrected chi connectivity index (χ1v) is 3.23. The highest BCUT2D eigenvalue weighted by molar-refractivity contribution is 6.19. The van der Waals surface area contributed by atoms with Gasteiger partial charge in [-0.15, -0.1) is 5.06 Å². The first kappa shape index (κ1) is 6.93. The fourth-order valence-corrected chi connectivity index (χ4v) is 1.05. The molecule has 0 N–H and O–H groups in total. The van der Waals surface area contributed by atoms with Crippen LogP contribution in [0.1, 0.15) is 20.8 Å². The summed E-state index contributed by atoms with van der Waals surface area (Å²) >= 11 is 0. The van der Waals surface area contributed by atoms with Crippen LogP contribution in [0, 0.1) is 0 Å². The Morgan fingerprint density at radius 2 is 2.00 bits per heavy atom. The summed E-state index contributed by atoms with van der Waals surface area (Å²) in [6.45, 7) is 0. The van der Waals surface area contributed by atoms with E-state index < -0.39 is 11.8 Å². The summed E-state index contributed by atoms with van der Waals surface area (Å²) in [7, 11) is 0. The van der Waals surface area contributed by atoms with E-state index in [-0.39, 0.29) is 16.3 Å². The highest BCUT2D eigenvalue weighted by Gasteiger charge is 2.37. The lowest BCUT2D eigenvalue weighted by atomic mass is 10.2. The quantitative estimate of drug-likeness (QED) is 0.506. The summed E-state index contributed by atoms with van der Waals surface area (Å²) < 4.78 is 0. The van der Waals surface area contributed by atoms with E-state index in [2.05, 4.69) is 4.98 Å². The Hall–Kier alpha value is -1.75. The Bertz CT molecular complexity index is 340. The Balaban J connectivity index is 2.67. The number of imide groups is 1. The molecule has 5 heteroatoms. The van der Waals surface area contributed by atoms with Gasteiger partial charge in [0.1, 0.15) is 5.69 Å². The molecular weight excluding hydrogens is 160 g/mol. The van der Waals surface area contributed by atoms with Gasteiger partial charge in [-0.3, -0.25) is 14.6 Å². The second kappa shape index (κ2) is 2.12. The molecule has 1 aliphatic heterocycles. The fraction of sp³-hybridized carbons (Fsp3) is 0. The number of carbonyl (C=O) groups excluding carboxylic acids is 2. The Labute approximate surface area is 67.2 Å². The number of nitrogens with zero attached hydrogens (tertiary/aromatic N) is 2. The third-order valence-electron chi connectivity index (χ3n) is 1.61. The number of amides is 2. The van der Waals surface area contributed by atoms with Gasteiger partial charge in [-0.1, -0.05) is 5.21 Å². The van der Waals surface area contributed by atoms with Crippen LogP contribution in [0.2, 0.25) is 0 Å². The van der Waals surface area contributed by atoms with Crippen LogP contribution in [0.5, 0.6) is 0 Å². The summed E-state index contributed by atoms with van der Waals surface area (Å²) in [4.78, 5) is 25.5. The molecule has 2 rings (SSSR count). The van der Waals surface area contributed by atoms with Crippen LogP contribution in [0.4, 0.5) is 0 Å². The van der Waals surface area contributed by atoms with Gasteiger partial charge in [0, 0.05) is 6.20 Å². The first-order valence-electron chi connectivity index (χ1n) is 3.23. The van der Waals surface area contributed by atoms with Crippen LogP contribution < -0.4 is 0 Å². The molecule has 2 amide bonds. The standard InChI is InChI=1S/C7H3N2O3/c10-6-4-2-1-3-8-5(4)7(11)9(6)12/h1-3H. The van der Waals surface area contributed by atoms with Crippen molar-refractivity contribution in [3.63, 3.8) is 0 Å². The van der Waals surface area contributed by atoms with E-state index in [1.807, 2.05) is 0 Å². The number of rotatable bonds is 0. The van der Waals surface area contributed by atoms with E-state index in [0.717, 1.165) is 0 Å². The summed E-state index contributed by atoms with van der Waals surface area (Å²) in [6, 6.07) is 2.91. The van der Waals surface area contributed by atoms with Gasteiger partial charge in [0.2, 0.25) is 0 Å². The molecule has 0 atom stereocenters. The van der Waals surface area contributed by atoms with Gasteiger partial charge in [-0.2, -0.15) is 0 Å². The third-order valence-corrected chi connectivity index (χ3v) is 1.61. The third kappa shape index (κ3) is 0.680. The minimum atomic E-state index is -0.879. The molecule has 1 aromatic rings. The molecular formula is C7H3N2O3. The van der Waals surface area contributed by atoms with Gasteiger partial charge in [-0.05, 0) is 12.1 Å². The molecule has 5 nitrogen and oxygen atoms in total. The Morgan fingerprint density at radius 1 is 1.25 bits per heavy atom. The van der Waals surface area contributed by atoms with Crippen molar-refractivity contribution in [1.82, 2.24) is 10.0 Å². The molecule has 1 radical (unpaired) electrons. The van der Waals surface area contributed by atoms with Gasteiger partial charge < -0.3 is 0 Å². The van der Waals surface area contributed by atoms with Crippen molar-refractivity contribution in [2.75, 3.05) is 0 Å². The predicted octanol–water partition coefficient (Wildman–Crippen LogP) is 0.0231. The van der Waals surface area contributed by atoms with E-state index >= 15 is 0 Å². The molecule has 0 saturated carbocycles. The molecule has 0 unspecified atom stereocenters. The second-order valence-electron chi connectivity index (χ2n) is 2.30. The van der Waals surface area contributed by atoms with Gasteiger partial charge in [0.05, 0.1) is 5.56 Å². The molecule has 0 aromatic carbocycles. The number of pyridine rings is 1. The largest absolute Gasteiger partial charge is 0.307 e. The van der Waals surface area contributed by atoms with Crippen LogP contribution in [-0.4, -0.2) is 21.9 Å². The van der Waals surface area contributed by atoms with Gasteiger partial charge in [-0.25, -0.2) is 0 Å². The van der Waals surface area contributed by atoms with Gasteiger partial charge >= 0.3 is 5.91 Å². The fourth-order valence-electron chi connectivity index (χ4n) is 1.05. The van der Waals surface area contributed by atoms with Crippen LogP contribution in [0.15, 0.2) is 18.3 Å². The maximum Gasteiger partial charge on any atom is 0.307 e. The highest BCUT2D eigenvalue weighted by Crippen LogP contribution is 2.17. The van der Waals surface area contributed by atoms with Gasteiger partial charge in [0.25, 0.3) is 5.91 Å². The SMILES string of the molecule is [O]N1C(=O)c2cccnc2C1=O. The lowest BCUT2D eigenvalue weighted by molar-refractivity contribution is -0.0830. The average molecular weight is 163 g/mol. The maximum atomic E-state index is 11.0. The molecule has 2 heterocycles. The summed E-state index contributed by atoms with van der Waals surface area (Å²) in [5, 5.41) is 10.6. The molecule has 59 valence electrons. The van der Waals surface area contributed by atoms with Crippen molar-refractivity contribution in [2.24, 2.45) is 0 Å².